The van der Waals surface area contributed by atoms with Gasteiger partial charge in [-0.3, -0.25) is 4.79 Å². The zero-order chi connectivity index (χ0) is 14.5. The van der Waals surface area contributed by atoms with Crippen LogP contribution < -0.4 is 10.6 Å². The van der Waals surface area contributed by atoms with Crippen molar-refractivity contribution < 1.29 is 9.90 Å². The summed E-state index contributed by atoms with van der Waals surface area (Å²) in [5.74, 6) is 0.0608. The molecule has 104 valence electrons. The molecule has 1 amide bonds. The summed E-state index contributed by atoms with van der Waals surface area (Å²) in [5, 5.41) is 9.71. The molecule has 0 fully saturated rings. The highest BCUT2D eigenvalue weighted by Crippen LogP contribution is 2.19. The smallest absolute Gasteiger partial charge is 0.231 e. The molecule has 0 aliphatic heterocycles. The number of hydrogen-bond donors (Lipinski definition) is 2. The lowest BCUT2D eigenvalue weighted by molar-refractivity contribution is -0.117. The Hall–Kier alpha value is -2.33. The molecule has 2 aromatic rings. The molecule has 20 heavy (non-hydrogen) atoms. The first-order valence-electron chi connectivity index (χ1n) is 6.44. The molecule has 0 unspecified atom stereocenters. The number of para-hydroxylation sites is 1. The predicted octanol–water partition coefficient (Wildman–Crippen LogP) is 2.06. The zero-order valence-electron chi connectivity index (χ0n) is 11.4. The van der Waals surface area contributed by atoms with Crippen LogP contribution in [0, 0.1) is 0 Å². The quantitative estimate of drug-likeness (QED) is 0.893. The van der Waals surface area contributed by atoms with E-state index in [1.165, 1.54) is 0 Å². The van der Waals surface area contributed by atoms with Gasteiger partial charge in [0.05, 0.1) is 6.42 Å². The third-order valence-corrected chi connectivity index (χ3v) is 3.24. The molecule has 0 aliphatic carbocycles. The molecule has 0 saturated heterocycles. The van der Waals surface area contributed by atoms with Crippen molar-refractivity contribution in [1.82, 2.24) is 0 Å². The Morgan fingerprint density at radius 1 is 1.20 bits per heavy atom. The second-order valence-corrected chi connectivity index (χ2v) is 4.63. The minimum Gasteiger partial charge on any atom is -0.508 e. The number of carbonyl (C=O) groups is 1. The number of nitrogens with zero attached hydrogens (tertiary/aromatic N) is 1. The van der Waals surface area contributed by atoms with E-state index < -0.39 is 0 Å². The number of phenolic OH excluding ortho intramolecular Hbond substituents is 1. The standard InChI is InChI=1S/C16H18N2O2/c1-18(14-7-4-5-12(9-14)11-17)16(20)10-13-6-2-3-8-15(13)19/h2-9,19H,10-11,17H2,1H3. The topological polar surface area (TPSA) is 66.6 Å². The summed E-state index contributed by atoms with van der Waals surface area (Å²) < 4.78 is 0. The number of aromatic hydroxyl groups is 1. The summed E-state index contributed by atoms with van der Waals surface area (Å²) in [6.45, 7) is 0.440. The van der Waals surface area contributed by atoms with E-state index in [2.05, 4.69) is 0 Å². The Bertz CT molecular complexity index is 611. The van der Waals surface area contributed by atoms with E-state index in [9.17, 15) is 9.90 Å². The molecule has 0 spiro atoms. The largest absolute Gasteiger partial charge is 0.508 e. The van der Waals surface area contributed by atoms with Crippen molar-refractivity contribution in [2.45, 2.75) is 13.0 Å². The van der Waals surface area contributed by atoms with Crippen molar-refractivity contribution in [2.75, 3.05) is 11.9 Å². The molecular formula is C16H18N2O2. The molecule has 0 saturated carbocycles. The highest BCUT2D eigenvalue weighted by atomic mass is 16.3. The Balaban J connectivity index is 2.14. The van der Waals surface area contributed by atoms with E-state index in [-0.39, 0.29) is 18.1 Å². The first-order valence-corrected chi connectivity index (χ1v) is 6.44. The van der Waals surface area contributed by atoms with Gasteiger partial charge in [-0.2, -0.15) is 0 Å². The first kappa shape index (κ1) is 14.1. The number of amides is 1. The molecule has 0 radical (unpaired) electrons. The average Bonchev–Trinajstić information content (AvgIpc) is 2.48. The molecule has 3 N–H and O–H groups in total. The fraction of sp³-hybridized carbons (Fsp3) is 0.188. The first-order chi connectivity index (χ1) is 9.61. The van der Waals surface area contributed by atoms with E-state index in [1.54, 1.807) is 36.2 Å². The molecular weight excluding hydrogens is 252 g/mol. The third-order valence-electron chi connectivity index (χ3n) is 3.24. The third kappa shape index (κ3) is 3.16. The second-order valence-electron chi connectivity index (χ2n) is 4.63. The van der Waals surface area contributed by atoms with Gasteiger partial charge in [-0.1, -0.05) is 30.3 Å². The summed E-state index contributed by atoms with van der Waals surface area (Å²) >= 11 is 0. The molecule has 4 heteroatoms. The van der Waals surface area contributed by atoms with Crippen molar-refractivity contribution in [3.63, 3.8) is 0 Å². The number of hydrogen-bond acceptors (Lipinski definition) is 3. The molecule has 2 rings (SSSR count). The van der Waals surface area contributed by atoms with Gasteiger partial charge in [-0.25, -0.2) is 0 Å². The maximum Gasteiger partial charge on any atom is 0.231 e. The van der Waals surface area contributed by atoms with Crippen LogP contribution in [-0.4, -0.2) is 18.1 Å². The molecule has 0 bridgehead atoms. The number of carbonyl (C=O) groups excluding carboxylic acids is 1. The van der Waals surface area contributed by atoms with Gasteiger partial charge in [-0.15, -0.1) is 0 Å². The van der Waals surface area contributed by atoms with Crippen LogP contribution in [-0.2, 0) is 17.8 Å². The number of likely N-dealkylation sites (N-methyl/N-ethyl adjacent to an activating group) is 1. The lowest BCUT2D eigenvalue weighted by Crippen LogP contribution is -2.28. The van der Waals surface area contributed by atoms with Gasteiger partial charge in [0.2, 0.25) is 5.91 Å². The van der Waals surface area contributed by atoms with Crippen LogP contribution in [0.15, 0.2) is 48.5 Å². The SMILES string of the molecule is CN(C(=O)Cc1ccccc1O)c1cccc(CN)c1. The number of phenols is 1. The fourth-order valence-electron chi connectivity index (χ4n) is 1.98. The van der Waals surface area contributed by atoms with Crippen molar-refractivity contribution in [3.05, 3.63) is 59.7 Å². The fourth-order valence-corrected chi connectivity index (χ4v) is 1.98. The highest BCUT2D eigenvalue weighted by Gasteiger charge is 2.13. The van der Waals surface area contributed by atoms with Crippen LogP contribution in [0.2, 0.25) is 0 Å². The Morgan fingerprint density at radius 2 is 1.95 bits per heavy atom. The predicted molar refractivity (Wildman–Crippen MR) is 79.6 cm³/mol. The Labute approximate surface area is 118 Å². The monoisotopic (exact) mass is 270 g/mol. The van der Waals surface area contributed by atoms with Crippen LogP contribution in [0.4, 0.5) is 5.69 Å². The van der Waals surface area contributed by atoms with Crippen LogP contribution in [0.25, 0.3) is 0 Å². The minimum atomic E-state index is -0.0827. The van der Waals surface area contributed by atoms with E-state index in [4.69, 9.17) is 5.73 Å². The summed E-state index contributed by atoms with van der Waals surface area (Å²) in [4.78, 5) is 13.8. The molecule has 0 atom stereocenters. The van der Waals surface area contributed by atoms with Gasteiger partial charge in [-0.05, 0) is 23.8 Å². The van der Waals surface area contributed by atoms with Crippen molar-refractivity contribution >= 4 is 11.6 Å². The van der Waals surface area contributed by atoms with Gasteiger partial charge in [0.25, 0.3) is 0 Å². The van der Waals surface area contributed by atoms with Crippen LogP contribution in [0.5, 0.6) is 5.75 Å². The van der Waals surface area contributed by atoms with Crippen molar-refractivity contribution in [3.8, 4) is 5.75 Å². The maximum absolute atomic E-state index is 12.2. The lowest BCUT2D eigenvalue weighted by atomic mass is 10.1. The van der Waals surface area contributed by atoms with Crippen LogP contribution in [0.1, 0.15) is 11.1 Å². The van der Waals surface area contributed by atoms with Gasteiger partial charge in [0.1, 0.15) is 5.75 Å². The van der Waals surface area contributed by atoms with E-state index >= 15 is 0 Å². The molecule has 0 aromatic heterocycles. The number of nitrogens with two attached hydrogens (primary N) is 1. The number of benzene rings is 2. The normalized spacial score (nSPS) is 10.3. The Morgan fingerprint density at radius 3 is 2.65 bits per heavy atom. The summed E-state index contributed by atoms with van der Waals surface area (Å²) in [6.07, 6.45) is 0.163. The van der Waals surface area contributed by atoms with Gasteiger partial charge < -0.3 is 15.7 Å². The molecule has 4 nitrogen and oxygen atoms in total. The molecule has 0 heterocycles. The maximum atomic E-state index is 12.2. The van der Waals surface area contributed by atoms with Gasteiger partial charge in [0, 0.05) is 24.8 Å². The molecule has 0 aliphatic rings. The van der Waals surface area contributed by atoms with E-state index in [0.717, 1.165) is 11.3 Å². The van der Waals surface area contributed by atoms with Crippen molar-refractivity contribution in [2.24, 2.45) is 5.73 Å². The van der Waals surface area contributed by atoms with E-state index in [0.29, 0.717) is 12.1 Å². The van der Waals surface area contributed by atoms with Crippen molar-refractivity contribution in [1.29, 1.82) is 0 Å². The summed E-state index contributed by atoms with van der Waals surface area (Å²) in [5.41, 5.74) is 8.00. The molecule has 2 aromatic carbocycles. The average molecular weight is 270 g/mol. The highest BCUT2D eigenvalue weighted by molar-refractivity contribution is 5.94. The van der Waals surface area contributed by atoms with Gasteiger partial charge >= 0.3 is 0 Å². The van der Waals surface area contributed by atoms with Crippen LogP contribution >= 0.6 is 0 Å². The summed E-state index contributed by atoms with van der Waals surface area (Å²) in [7, 11) is 1.72. The number of rotatable bonds is 4. The minimum absolute atomic E-state index is 0.0827. The van der Waals surface area contributed by atoms with Crippen LogP contribution in [0.3, 0.4) is 0 Å². The Kier molecular flexibility index (Phi) is 4.38. The number of anilines is 1. The summed E-state index contributed by atoms with van der Waals surface area (Å²) in [6, 6.07) is 14.4. The lowest BCUT2D eigenvalue weighted by Gasteiger charge is -2.18. The van der Waals surface area contributed by atoms with Gasteiger partial charge in [0.15, 0.2) is 0 Å². The second kappa shape index (κ2) is 6.21. The zero-order valence-corrected chi connectivity index (χ0v) is 11.4. The van der Waals surface area contributed by atoms with E-state index in [1.807, 2.05) is 24.3 Å².